The number of likely N-dealkylation sites (N-methyl/N-ethyl adjacent to an activating group) is 2. The van der Waals surface area contributed by atoms with E-state index in [4.69, 9.17) is 23.2 Å². The lowest BCUT2D eigenvalue weighted by Crippen LogP contribution is -2.39. The Labute approximate surface area is 157 Å². The van der Waals surface area contributed by atoms with Gasteiger partial charge in [-0.2, -0.15) is 4.31 Å². The Balaban J connectivity index is 2.06. The quantitative estimate of drug-likeness (QED) is 0.747. The third-order valence-corrected chi connectivity index (χ3v) is 6.11. The number of halogens is 2. The van der Waals surface area contributed by atoms with Crippen LogP contribution in [-0.2, 0) is 21.4 Å². The summed E-state index contributed by atoms with van der Waals surface area (Å²) in [6.07, 6.45) is 0. The standard InChI is InChI=1S/C17H18Cl2N2O3S/c1-20(11-13-5-3-4-6-16(13)19)17(22)12-21(2)25(23,24)15-9-7-14(18)8-10-15/h3-10H,11-12H2,1-2H3. The zero-order valence-corrected chi connectivity index (χ0v) is 16.1. The maximum atomic E-state index is 12.5. The minimum Gasteiger partial charge on any atom is -0.340 e. The summed E-state index contributed by atoms with van der Waals surface area (Å²) in [4.78, 5) is 13.9. The Bertz CT molecular complexity index is 854. The van der Waals surface area contributed by atoms with Crippen LogP contribution in [0.5, 0.6) is 0 Å². The molecule has 8 heteroatoms. The second-order valence-corrected chi connectivity index (χ2v) is 8.44. The summed E-state index contributed by atoms with van der Waals surface area (Å²) < 4.78 is 26.0. The number of nitrogens with zero attached hydrogens (tertiary/aromatic N) is 2. The van der Waals surface area contributed by atoms with Crippen molar-refractivity contribution in [1.82, 2.24) is 9.21 Å². The monoisotopic (exact) mass is 400 g/mol. The molecule has 0 fully saturated rings. The smallest absolute Gasteiger partial charge is 0.243 e. The predicted molar refractivity (Wildman–Crippen MR) is 99.2 cm³/mol. The molecule has 0 N–H and O–H groups in total. The van der Waals surface area contributed by atoms with Gasteiger partial charge in [0, 0.05) is 30.7 Å². The van der Waals surface area contributed by atoms with Crippen LogP contribution in [0.25, 0.3) is 0 Å². The van der Waals surface area contributed by atoms with Gasteiger partial charge in [-0.05, 0) is 35.9 Å². The van der Waals surface area contributed by atoms with Gasteiger partial charge in [0.25, 0.3) is 0 Å². The van der Waals surface area contributed by atoms with Crippen molar-refractivity contribution in [2.24, 2.45) is 0 Å². The number of benzene rings is 2. The van der Waals surface area contributed by atoms with Crippen molar-refractivity contribution in [2.45, 2.75) is 11.4 Å². The zero-order chi connectivity index (χ0) is 18.6. The average Bonchev–Trinajstić information content (AvgIpc) is 2.57. The Morgan fingerprint density at radius 2 is 1.60 bits per heavy atom. The molecule has 5 nitrogen and oxygen atoms in total. The highest BCUT2D eigenvalue weighted by Gasteiger charge is 2.24. The van der Waals surface area contributed by atoms with E-state index in [1.807, 2.05) is 12.1 Å². The highest BCUT2D eigenvalue weighted by atomic mass is 35.5. The largest absolute Gasteiger partial charge is 0.340 e. The number of hydrogen-bond donors (Lipinski definition) is 0. The topological polar surface area (TPSA) is 57.7 Å². The molecule has 0 atom stereocenters. The van der Waals surface area contributed by atoms with Crippen molar-refractivity contribution in [3.05, 3.63) is 64.1 Å². The molecular weight excluding hydrogens is 383 g/mol. The lowest BCUT2D eigenvalue weighted by atomic mass is 10.2. The summed E-state index contributed by atoms with van der Waals surface area (Å²) >= 11 is 11.9. The minimum absolute atomic E-state index is 0.0842. The molecule has 1 amide bonds. The molecule has 0 saturated heterocycles. The molecule has 0 aromatic heterocycles. The Morgan fingerprint density at radius 1 is 1.00 bits per heavy atom. The van der Waals surface area contributed by atoms with Crippen LogP contribution in [0.3, 0.4) is 0 Å². The van der Waals surface area contributed by atoms with Crippen LogP contribution < -0.4 is 0 Å². The van der Waals surface area contributed by atoms with Gasteiger partial charge in [-0.1, -0.05) is 41.4 Å². The molecule has 0 aliphatic rings. The first-order valence-electron chi connectivity index (χ1n) is 7.41. The van der Waals surface area contributed by atoms with Gasteiger partial charge in [0.1, 0.15) is 0 Å². The summed E-state index contributed by atoms with van der Waals surface area (Å²) in [6.45, 7) is 0.0270. The number of amides is 1. The van der Waals surface area contributed by atoms with Gasteiger partial charge < -0.3 is 4.90 Å². The van der Waals surface area contributed by atoms with Crippen LogP contribution in [0.1, 0.15) is 5.56 Å². The van der Waals surface area contributed by atoms with Crippen molar-refractivity contribution >= 4 is 39.1 Å². The van der Waals surface area contributed by atoms with Crippen molar-refractivity contribution in [3.63, 3.8) is 0 Å². The Hall–Kier alpha value is -1.60. The fraction of sp³-hybridized carbons (Fsp3) is 0.235. The van der Waals surface area contributed by atoms with Gasteiger partial charge in [0.15, 0.2) is 0 Å². The molecule has 134 valence electrons. The molecule has 0 unspecified atom stereocenters. The first-order chi connectivity index (χ1) is 11.7. The first kappa shape index (κ1) is 19.7. The van der Waals surface area contributed by atoms with Gasteiger partial charge in [0.05, 0.1) is 11.4 Å². The molecule has 2 rings (SSSR count). The van der Waals surface area contributed by atoms with Crippen LogP contribution in [-0.4, -0.2) is 44.2 Å². The van der Waals surface area contributed by atoms with E-state index >= 15 is 0 Å². The highest BCUT2D eigenvalue weighted by molar-refractivity contribution is 7.89. The molecule has 2 aromatic carbocycles. The van der Waals surface area contributed by atoms with Crippen LogP contribution in [0.4, 0.5) is 0 Å². The van der Waals surface area contributed by atoms with Gasteiger partial charge in [-0.15, -0.1) is 0 Å². The minimum atomic E-state index is -3.76. The molecular formula is C17H18Cl2N2O3S. The lowest BCUT2D eigenvalue weighted by molar-refractivity contribution is -0.130. The summed E-state index contributed by atoms with van der Waals surface area (Å²) in [6, 6.07) is 13.0. The Kier molecular flexibility index (Phi) is 6.46. The zero-order valence-electron chi connectivity index (χ0n) is 13.8. The second kappa shape index (κ2) is 8.19. The number of sulfonamides is 1. The van der Waals surface area contributed by atoms with Crippen LogP contribution in [0.15, 0.2) is 53.4 Å². The van der Waals surface area contributed by atoms with Gasteiger partial charge >= 0.3 is 0 Å². The second-order valence-electron chi connectivity index (χ2n) is 5.56. The van der Waals surface area contributed by atoms with E-state index in [9.17, 15) is 13.2 Å². The van der Waals surface area contributed by atoms with Crippen LogP contribution in [0.2, 0.25) is 10.0 Å². The normalized spacial score (nSPS) is 11.6. The van der Waals surface area contributed by atoms with Gasteiger partial charge in [-0.25, -0.2) is 8.42 Å². The van der Waals surface area contributed by atoms with Crippen molar-refractivity contribution < 1.29 is 13.2 Å². The van der Waals surface area contributed by atoms with Crippen LogP contribution in [0, 0.1) is 0 Å². The maximum Gasteiger partial charge on any atom is 0.243 e. The summed E-state index contributed by atoms with van der Waals surface area (Å²) in [5.41, 5.74) is 0.795. The molecule has 2 aromatic rings. The molecule has 0 aliphatic heterocycles. The highest BCUT2D eigenvalue weighted by Crippen LogP contribution is 2.19. The first-order valence-corrected chi connectivity index (χ1v) is 9.60. The number of hydrogen-bond acceptors (Lipinski definition) is 3. The summed E-state index contributed by atoms with van der Waals surface area (Å²) in [5, 5.41) is 1.00. The molecule has 0 saturated carbocycles. The number of rotatable bonds is 6. The molecule has 0 bridgehead atoms. The Morgan fingerprint density at radius 3 is 2.20 bits per heavy atom. The summed E-state index contributed by atoms with van der Waals surface area (Å²) in [5.74, 6) is -0.333. The number of carbonyl (C=O) groups excluding carboxylic acids is 1. The lowest BCUT2D eigenvalue weighted by Gasteiger charge is -2.22. The summed E-state index contributed by atoms with van der Waals surface area (Å²) in [7, 11) is -0.792. The average molecular weight is 401 g/mol. The fourth-order valence-electron chi connectivity index (χ4n) is 2.15. The number of carbonyl (C=O) groups is 1. The third kappa shape index (κ3) is 4.95. The predicted octanol–water partition coefficient (Wildman–Crippen LogP) is 3.27. The maximum absolute atomic E-state index is 12.5. The molecule has 0 spiro atoms. The van der Waals surface area contributed by atoms with Crippen LogP contribution >= 0.6 is 23.2 Å². The van der Waals surface area contributed by atoms with E-state index in [1.54, 1.807) is 19.2 Å². The van der Waals surface area contributed by atoms with Gasteiger partial charge in [0.2, 0.25) is 15.9 Å². The van der Waals surface area contributed by atoms with E-state index in [1.165, 1.54) is 36.2 Å². The molecule has 0 aliphatic carbocycles. The van der Waals surface area contributed by atoms with E-state index in [0.29, 0.717) is 16.6 Å². The third-order valence-electron chi connectivity index (χ3n) is 3.67. The van der Waals surface area contributed by atoms with E-state index in [-0.39, 0.29) is 17.3 Å². The van der Waals surface area contributed by atoms with Crippen molar-refractivity contribution in [1.29, 1.82) is 0 Å². The van der Waals surface area contributed by atoms with Crippen molar-refractivity contribution in [3.8, 4) is 0 Å². The van der Waals surface area contributed by atoms with E-state index < -0.39 is 10.0 Å². The van der Waals surface area contributed by atoms with E-state index in [0.717, 1.165) is 9.87 Å². The SMILES string of the molecule is CN(Cc1ccccc1Cl)C(=O)CN(C)S(=O)(=O)c1ccc(Cl)cc1. The van der Waals surface area contributed by atoms with E-state index in [2.05, 4.69) is 0 Å². The van der Waals surface area contributed by atoms with Gasteiger partial charge in [-0.3, -0.25) is 4.79 Å². The molecule has 25 heavy (non-hydrogen) atoms. The molecule has 0 radical (unpaired) electrons. The van der Waals surface area contributed by atoms with Crippen molar-refractivity contribution in [2.75, 3.05) is 20.6 Å². The fourth-order valence-corrected chi connectivity index (χ4v) is 3.59. The molecule has 0 heterocycles.